The lowest BCUT2D eigenvalue weighted by molar-refractivity contribution is 0.251. The molecule has 3 N–H and O–H groups in total. The maximum Gasteiger partial charge on any atom is 0.279 e. The Morgan fingerprint density at radius 3 is 2.45 bits per heavy atom. The first-order valence-corrected chi connectivity index (χ1v) is 13.3. The Hall–Kier alpha value is -2.56. The summed E-state index contributed by atoms with van der Waals surface area (Å²) < 4.78 is 36.4. The predicted molar refractivity (Wildman–Crippen MR) is 136 cm³/mol. The minimum Gasteiger partial charge on any atom is -0.505 e. The van der Waals surface area contributed by atoms with Gasteiger partial charge in [0.25, 0.3) is 10.0 Å². The van der Waals surface area contributed by atoms with Crippen LogP contribution in [0.4, 0.5) is 5.69 Å². The van der Waals surface area contributed by atoms with Crippen LogP contribution in [-0.2, 0) is 10.0 Å². The van der Waals surface area contributed by atoms with Crippen LogP contribution in [0.15, 0.2) is 55.1 Å². The van der Waals surface area contributed by atoms with Gasteiger partial charge in [-0.3, -0.25) is 4.31 Å². The average molecular weight is 493 g/mol. The summed E-state index contributed by atoms with van der Waals surface area (Å²) in [5, 5.41) is 20.4. The van der Waals surface area contributed by atoms with Gasteiger partial charge in [0.15, 0.2) is 11.6 Å². The minimum absolute atomic E-state index is 0.0491. The number of furan rings is 1. The fourth-order valence-electron chi connectivity index (χ4n) is 3.53. The van der Waals surface area contributed by atoms with Crippen LogP contribution >= 0.6 is 10.7 Å². The largest absolute Gasteiger partial charge is 0.505 e. The van der Waals surface area contributed by atoms with Crippen LogP contribution < -0.4 is 10.6 Å². The van der Waals surface area contributed by atoms with E-state index in [1.165, 1.54) is 0 Å². The maximum atomic E-state index is 12.4. The van der Waals surface area contributed by atoms with Crippen molar-refractivity contribution in [1.29, 1.82) is 0 Å². The van der Waals surface area contributed by atoms with Crippen molar-refractivity contribution < 1.29 is 17.9 Å². The van der Waals surface area contributed by atoms with Gasteiger partial charge in [-0.1, -0.05) is 37.5 Å². The molecule has 1 aromatic heterocycles. The Labute approximate surface area is 198 Å². The number of anilines is 1. The van der Waals surface area contributed by atoms with E-state index in [4.69, 9.17) is 4.42 Å². The van der Waals surface area contributed by atoms with Crippen molar-refractivity contribution in [2.45, 2.75) is 45.6 Å². The minimum atomic E-state index is -3.81. The molecule has 0 spiro atoms. The third kappa shape index (κ3) is 5.69. The molecule has 180 valence electrons. The quantitative estimate of drug-likeness (QED) is 0.400. The summed E-state index contributed by atoms with van der Waals surface area (Å²) in [5.41, 5.74) is 0.391. The van der Waals surface area contributed by atoms with E-state index in [0.29, 0.717) is 17.1 Å². The topological polar surface area (TPSA) is 107 Å². The SMILES string of the molecule is C/C=S(/c1cccc(NC2=NS(=O)(=O)C=C2N[C@@H](c2ccc(C)o2)C(C)(C)C)c1O)N(C)C. The van der Waals surface area contributed by atoms with Crippen LogP contribution in [0.2, 0.25) is 0 Å². The normalized spacial score (nSPS) is 17.6. The second kappa shape index (κ2) is 9.36. The molecule has 1 aliphatic heterocycles. The maximum absolute atomic E-state index is 12.4. The molecule has 3 rings (SSSR count). The number of benzene rings is 1. The number of hydrogen-bond acceptors (Lipinski definition) is 7. The van der Waals surface area contributed by atoms with E-state index < -0.39 is 20.7 Å². The fraction of sp³-hybridized carbons (Fsp3) is 0.391. The van der Waals surface area contributed by atoms with Gasteiger partial charge in [-0.15, -0.1) is 4.40 Å². The molecule has 2 heterocycles. The van der Waals surface area contributed by atoms with Gasteiger partial charge >= 0.3 is 0 Å². The molecule has 0 aliphatic carbocycles. The third-order valence-electron chi connectivity index (χ3n) is 5.05. The Morgan fingerprint density at radius 2 is 1.91 bits per heavy atom. The predicted octanol–water partition coefficient (Wildman–Crippen LogP) is 4.59. The molecular formula is C23H32N4O4S2. The molecule has 1 aromatic carbocycles. The number of amidine groups is 1. The van der Waals surface area contributed by atoms with E-state index >= 15 is 0 Å². The number of phenolic OH excluding ortho intramolecular Hbond substituents is 1. The number of hydrogen-bond donors (Lipinski definition) is 3. The Morgan fingerprint density at radius 1 is 1.21 bits per heavy atom. The molecule has 0 bridgehead atoms. The molecule has 33 heavy (non-hydrogen) atoms. The molecule has 8 nitrogen and oxygen atoms in total. The number of sulfonamides is 1. The average Bonchev–Trinajstić information content (AvgIpc) is 3.24. The van der Waals surface area contributed by atoms with Crippen LogP contribution in [0, 0.1) is 12.3 Å². The van der Waals surface area contributed by atoms with Crippen LogP contribution in [0.1, 0.15) is 45.3 Å². The van der Waals surface area contributed by atoms with E-state index in [-0.39, 0.29) is 23.0 Å². The van der Waals surface area contributed by atoms with Gasteiger partial charge in [0.2, 0.25) is 0 Å². The summed E-state index contributed by atoms with van der Waals surface area (Å²) in [5.74, 6) is 1.63. The first-order valence-electron chi connectivity index (χ1n) is 10.5. The van der Waals surface area contributed by atoms with Crippen LogP contribution in [0.5, 0.6) is 5.75 Å². The molecule has 0 saturated heterocycles. The second-order valence-electron chi connectivity index (χ2n) is 9.02. The highest BCUT2D eigenvalue weighted by atomic mass is 32.2. The molecule has 0 fully saturated rings. The summed E-state index contributed by atoms with van der Waals surface area (Å²) in [6.07, 6.45) is 0. The van der Waals surface area contributed by atoms with Gasteiger partial charge in [-0.2, -0.15) is 8.42 Å². The Bertz CT molecular complexity index is 1240. The summed E-state index contributed by atoms with van der Waals surface area (Å²) >= 11 is 0. The lowest BCUT2D eigenvalue weighted by atomic mass is 9.85. The second-order valence-corrected chi connectivity index (χ2v) is 12.7. The van der Waals surface area contributed by atoms with Crippen molar-refractivity contribution in [3.05, 3.63) is 53.0 Å². The molecule has 2 atom stereocenters. The van der Waals surface area contributed by atoms with Gasteiger partial charge in [-0.25, -0.2) is 0 Å². The number of nitrogens with one attached hydrogen (secondary N) is 2. The van der Waals surface area contributed by atoms with Crippen LogP contribution in [-0.4, -0.2) is 43.1 Å². The molecule has 0 saturated carbocycles. The van der Waals surface area contributed by atoms with E-state index in [1.54, 1.807) is 6.07 Å². The highest BCUT2D eigenvalue weighted by molar-refractivity contribution is 8.13. The Balaban J connectivity index is 1.97. The van der Waals surface area contributed by atoms with Crippen LogP contribution in [0.25, 0.3) is 0 Å². The van der Waals surface area contributed by atoms with Crippen LogP contribution in [0.3, 0.4) is 0 Å². The third-order valence-corrected chi connectivity index (χ3v) is 8.03. The van der Waals surface area contributed by atoms with Crippen molar-refractivity contribution in [3.8, 4) is 5.75 Å². The molecule has 10 heteroatoms. The monoisotopic (exact) mass is 492 g/mol. The van der Waals surface area contributed by atoms with Crippen molar-refractivity contribution in [2.24, 2.45) is 9.81 Å². The summed E-state index contributed by atoms with van der Waals surface area (Å²) in [6.45, 7) is 9.91. The summed E-state index contributed by atoms with van der Waals surface area (Å²) in [4.78, 5) is 0.728. The lowest BCUT2D eigenvalue weighted by Gasteiger charge is -2.31. The number of aromatic hydroxyl groups is 1. The molecule has 0 amide bonds. The number of para-hydroxylation sites is 1. The van der Waals surface area contributed by atoms with Gasteiger partial charge in [-0.05, 0) is 63.0 Å². The molecule has 1 aliphatic rings. The van der Waals surface area contributed by atoms with Crippen molar-refractivity contribution >= 4 is 37.6 Å². The molecule has 0 radical (unpaired) electrons. The number of phenols is 1. The van der Waals surface area contributed by atoms with Gasteiger partial charge in [0.1, 0.15) is 11.5 Å². The van der Waals surface area contributed by atoms with Crippen molar-refractivity contribution in [2.75, 3.05) is 19.4 Å². The first kappa shape index (κ1) is 25.1. The Kier molecular flexibility index (Phi) is 7.11. The van der Waals surface area contributed by atoms with Gasteiger partial charge in [0, 0.05) is 0 Å². The van der Waals surface area contributed by atoms with E-state index in [2.05, 4.69) is 15.0 Å². The standard InChI is InChI=1S/C23H32N4O4S2/c1-8-32(27(6)7)19-11-9-10-16(20(19)28)25-22-17(14-33(29,30)26-22)24-21(23(3,4)5)18-13-12-15(2)31-18/h8-14,21,24,28H,1-7H3,(H,25,26)/t21-,32?/m0/s1. The van der Waals surface area contributed by atoms with Crippen molar-refractivity contribution in [3.63, 3.8) is 0 Å². The van der Waals surface area contributed by atoms with Gasteiger partial charge < -0.3 is 20.2 Å². The van der Waals surface area contributed by atoms with E-state index in [1.807, 2.05) is 82.7 Å². The molecular weight excluding hydrogens is 460 g/mol. The highest BCUT2D eigenvalue weighted by Crippen LogP contribution is 2.40. The first-order chi connectivity index (χ1) is 15.3. The smallest absolute Gasteiger partial charge is 0.279 e. The van der Waals surface area contributed by atoms with E-state index in [0.717, 1.165) is 16.1 Å². The lowest BCUT2D eigenvalue weighted by Crippen LogP contribution is -2.35. The zero-order valence-electron chi connectivity index (χ0n) is 20.0. The molecule has 2 aromatic rings. The zero-order valence-corrected chi connectivity index (χ0v) is 21.6. The summed E-state index contributed by atoms with van der Waals surface area (Å²) in [7, 11) is -0.367. The highest BCUT2D eigenvalue weighted by Gasteiger charge is 2.33. The van der Waals surface area contributed by atoms with Gasteiger partial charge in [0.05, 0.1) is 27.7 Å². The van der Waals surface area contributed by atoms with Crippen molar-refractivity contribution in [1.82, 2.24) is 9.62 Å². The zero-order chi connectivity index (χ0) is 24.6. The summed E-state index contributed by atoms with van der Waals surface area (Å²) in [6, 6.07) is 8.79. The number of rotatable bonds is 6. The molecule has 1 unspecified atom stereocenters. The number of nitrogens with zero attached hydrogens (tertiary/aromatic N) is 2. The fourth-order valence-corrected chi connectivity index (χ4v) is 6.06. The van der Waals surface area contributed by atoms with E-state index in [9.17, 15) is 13.5 Å². The number of aryl methyl sites for hydroxylation is 1.